The van der Waals surface area contributed by atoms with Crippen molar-refractivity contribution in [1.29, 1.82) is 0 Å². The largest absolute Gasteiger partial charge is 0.497 e. The van der Waals surface area contributed by atoms with Gasteiger partial charge in [-0.2, -0.15) is 0 Å². The van der Waals surface area contributed by atoms with Gasteiger partial charge in [-0.25, -0.2) is 4.68 Å². The molecule has 0 aliphatic rings. The number of nitrogens with two attached hydrogens (primary N) is 1. The minimum absolute atomic E-state index is 0.238. The summed E-state index contributed by atoms with van der Waals surface area (Å²) in [6.45, 7) is 2.31. The lowest BCUT2D eigenvalue weighted by atomic mass is 10.2. The molecule has 0 spiro atoms. The predicted octanol–water partition coefficient (Wildman–Crippen LogP) is 3.18. The Balaban J connectivity index is 1.59. The van der Waals surface area contributed by atoms with Gasteiger partial charge in [0.25, 0.3) is 0 Å². The first kappa shape index (κ1) is 17.2. The van der Waals surface area contributed by atoms with Crippen LogP contribution >= 0.6 is 11.8 Å². The highest BCUT2D eigenvalue weighted by Gasteiger charge is 2.11. The first-order valence-electron chi connectivity index (χ1n) is 7.80. The summed E-state index contributed by atoms with van der Waals surface area (Å²) in [5, 5.41) is 8.91. The molecule has 0 atom stereocenters. The Bertz CT molecular complexity index is 833. The molecule has 0 saturated heterocycles. The quantitative estimate of drug-likeness (QED) is 0.518. The molecule has 3 aromatic rings. The summed E-state index contributed by atoms with van der Waals surface area (Å²) in [4.78, 5) is 0. The number of hydrogen-bond acceptors (Lipinski definition) is 6. The van der Waals surface area contributed by atoms with Crippen molar-refractivity contribution in [3.8, 4) is 11.5 Å². The number of aromatic nitrogens is 3. The molecule has 0 fully saturated rings. The Morgan fingerprint density at radius 3 is 2.60 bits per heavy atom. The summed E-state index contributed by atoms with van der Waals surface area (Å²) in [5.41, 5.74) is 2.46. The molecular formula is C18H20N4O2S. The van der Waals surface area contributed by atoms with Gasteiger partial charge < -0.3 is 15.3 Å². The minimum Gasteiger partial charge on any atom is -0.497 e. The third kappa shape index (κ3) is 4.45. The van der Waals surface area contributed by atoms with Crippen molar-refractivity contribution in [2.24, 2.45) is 0 Å². The smallest absolute Gasteiger partial charge is 0.210 e. The number of nitrogen functional groups attached to an aromatic ring is 1. The molecule has 130 valence electrons. The van der Waals surface area contributed by atoms with Crippen LogP contribution < -0.4 is 15.3 Å². The standard InChI is InChI=1S/C18H20N4O2S/c1-13-6-8-14(9-7-13)12-25-18-21-20-17(22(18)19)11-24-16-5-3-4-15(10-16)23-2/h3-10H,11-12,19H2,1-2H3. The van der Waals surface area contributed by atoms with Gasteiger partial charge >= 0.3 is 0 Å². The maximum Gasteiger partial charge on any atom is 0.210 e. The zero-order valence-corrected chi connectivity index (χ0v) is 15.0. The van der Waals surface area contributed by atoms with Crippen LogP contribution in [-0.4, -0.2) is 22.0 Å². The van der Waals surface area contributed by atoms with Crippen molar-refractivity contribution in [2.45, 2.75) is 24.4 Å². The maximum absolute atomic E-state index is 6.08. The van der Waals surface area contributed by atoms with Gasteiger partial charge in [0.1, 0.15) is 18.1 Å². The minimum atomic E-state index is 0.238. The summed E-state index contributed by atoms with van der Waals surface area (Å²) in [5.74, 6) is 8.85. The van der Waals surface area contributed by atoms with Crippen LogP contribution in [0.3, 0.4) is 0 Å². The first-order chi connectivity index (χ1) is 12.2. The van der Waals surface area contributed by atoms with Crippen LogP contribution in [0.2, 0.25) is 0 Å². The predicted molar refractivity (Wildman–Crippen MR) is 98.2 cm³/mol. The molecule has 0 saturated carbocycles. The lowest BCUT2D eigenvalue weighted by Gasteiger charge is -2.07. The Morgan fingerprint density at radius 1 is 1.08 bits per heavy atom. The van der Waals surface area contributed by atoms with Gasteiger partial charge in [0.15, 0.2) is 5.82 Å². The zero-order valence-electron chi connectivity index (χ0n) is 14.2. The van der Waals surface area contributed by atoms with Gasteiger partial charge in [-0.3, -0.25) is 0 Å². The van der Waals surface area contributed by atoms with Crippen LogP contribution in [0.4, 0.5) is 0 Å². The molecule has 1 heterocycles. The van der Waals surface area contributed by atoms with E-state index in [1.807, 2.05) is 24.3 Å². The number of hydrogen-bond donors (Lipinski definition) is 1. The van der Waals surface area contributed by atoms with Crippen molar-refractivity contribution >= 4 is 11.8 Å². The van der Waals surface area contributed by atoms with Gasteiger partial charge in [0.2, 0.25) is 5.16 Å². The molecule has 25 heavy (non-hydrogen) atoms. The van der Waals surface area contributed by atoms with E-state index in [4.69, 9.17) is 15.3 Å². The van der Waals surface area contributed by atoms with Gasteiger partial charge in [-0.15, -0.1) is 10.2 Å². The Kier molecular flexibility index (Phi) is 5.45. The van der Waals surface area contributed by atoms with Crippen LogP contribution in [0.5, 0.6) is 11.5 Å². The van der Waals surface area contributed by atoms with E-state index in [-0.39, 0.29) is 6.61 Å². The van der Waals surface area contributed by atoms with Gasteiger partial charge in [-0.05, 0) is 24.6 Å². The molecule has 0 bridgehead atoms. The van der Waals surface area contributed by atoms with Gasteiger partial charge in [0.05, 0.1) is 7.11 Å². The lowest BCUT2D eigenvalue weighted by molar-refractivity contribution is 0.289. The molecule has 7 heteroatoms. The number of ether oxygens (including phenoxy) is 2. The van der Waals surface area contributed by atoms with E-state index in [0.717, 1.165) is 11.5 Å². The van der Waals surface area contributed by atoms with E-state index < -0.39 is 0 Å². The maximum atomic E-state index is 6.08. The summed E-state index contributed by atoms with van der Waals surface area (Å²) < 4.78 is 12.4. The van der Waals surface area contributed by atoms with E-state index in [2.05, 4.69) is 41.4 Å². The van der Waals surface area contributed by atoms with Crippen LogP contribution in [0, 0.1) is 6.92 Å². The van der Waals surface area contributed by atoms with E-state index in [1.165, 1.54) is 15.8 Å². The average Bonchev–Trinajstić information content (AvgIpc) is 2.99. The molecule has 2 N–H and O–H groups in total. The SMILES string of the molecule is COc1cccc(OCc2nnc(SCc3ccc(C)cc3)n2N)c1. The van der Waals surface area contributed by atoms with Crippen molar-refractivity contribution in [3.63, 3.8) is 0 Å². The van der Waals surface area contributed by atoms with Gasteiger partial charge in [0, 0.05) is 11.8 Å². The molecule has 2 aromatic carbocycles. The Hall–Kier alpha value is -2.67. The highest BCUT2D eigenvalue weighted by molar-refractivity contribution is 7.98. The summed E-state index contributed by atoms with van der Waals surface area (Å²) in [6.07, 6.45) is 0. The van der Waals surface area contributed by atoms with Crippen LogP contribution in [0.15, 0.2) is 53.7 Å². The number of nitrogens with zero attached hydrogens (tertiary/aromatic N) is 3. The number of thioether (sulfide) groups is 1. The summed E-state index contributed by atoms with van der Waals surface area (Å²) in [7, 11) is 1.62. The molecule has 0 radical (unpaired) electrons. The number of benzene rings is 2. The van der Waals surface area contributed by atoms with E-state index in [9.17, 15) is 0 Å². The number of rotatable bonds is 7. The second-order valence-electron chi connectivity index (χ2n) is 5.51. The fourth-order valence-electron chi connectivity index (χ4n) is 2.18. The fourth-order valence-corrected chi connectivity index (χ4v) is 3.01. The highest BCUT2D eigenvalue weighted by Crippen LogP contribution is 2.22. The monoisotopic (exact) mass is 356 g/mol. The highest BCUT2D eigenvalue weighted by atomic mass is 32.2. The van der Waals surface area contributed by atoms with Crippen molar-refractivity contribution in [1.82, 2.24) is 14.9 Å². The molecule has 6 nitrogen and oxygen atoms in total. The second-order valence-corrected chi connectivity index (χ2v) is 6.45. The van der Waals surface area contributed by atoms with Crippen LogP contribution in [-0.2, 0) is 12.4 Å². The van der Waals surface area contributed by atoms with Crippen LogP contribution in [0.1, 0.15) is 17.0 Å². The fraction of sp³-hybridized carbons (Fsp3) is 0.222. The molecule has 0 unspecified atom stereocenters. The average molecular weight is 356 g/mol. The van der Waals surface area contributed by atoms with Crippen molar-refractivity contribution in [2.75, 3.05) is 13.0 Å². The molecule has 3 rings (SSSR count). The second kappa shape index (κ2) is 7.94. The number of methoxy groups -OCH3 is 1. The lowest BCUT2D eigenvalue weighted by Crippen LogP contribution is -2.15. The third-order valence-corrected chi connectivity index (χ3v) is 4.65. The van der Waals surface area contributed by atoms with E-state index in [0.29, 0.717) is 16.7 Å². The van der Waals surface area contributed by atoms with Crippen LogP contribution in [0.25, 0.3) is 0 Å². The molecule has 0 amide bonds. The summed E-state index contributed by atoms with van der Waals surface area (Å²) in [6, 6.07) is 15.8. The Labute approximate surface area is 150 Å². The molecule has 0 aliphatic heterocycles. The summed E-state index contributed by atoms with van der Waals surface area (Å²) >= 11 is 1.54. The van der Waals surface area contributed by atoms with E-state index in [1.54, 1.807) is 18.9 Å². The van der Waals surface area contributed by atoms with Crippen molar-refractivity contribution in [3.05, 3.63) is 65.5 Å². The topological polar surface area (TPSA) is 75.2 Å². The third-order valence-electron chi connectivity index (χ3n) is 3.63. The molecular weight excluding hydrogens is 336 g/mol. The van der Waals surface area contributed by atoms with Gasteiger partial charge in [-0.1, -0.05) is 47.7 Å². The molecule has 1 aromatic heterocycles. The normalized spacial score (nSPS) is 10.6. The zero-order chi connectivity index (χ0) is 17.6. The number of aryl methyl sites for hydroxylation is 1. The Morgan fingerprint density at radius 2 is 1.84 bits per heavy atom. The molecule has 0 aliphatic carbocycles. The van der Waals surface area contributed by atoms with E-state index >= 15 is 0 Å². The van der Waals surface area contributed by atoms with Crippen molar-refractivity contribution < 1.29 is 9.47 Å². The first-order valence-corrected chi connectivity index (χ1v) is 8.79.